The van der Waals surface area contributed by atoms with Crippen LogP contribution in [0.15, 0.2) is 63.1 Å². The van der Waals surface area contributed by atoms with Crippen molar-refractivity contribution in [3.05, 3.63) is 80.5 Å². The summed E-state index contributed by atoms with van der Waals surface area (Å²) in [6.45, 7) is 1.68. The van der Waals surface area contributed by atoms with Gasteiger partial charge in [0.25, 0.3) is 5.78 Å². The molecule has 158 valence electrons. The summed E-state index contributed by atoms with van der Waals surface area (Å²) in [5, 5.41) is 15.3. The summed E-state index contributed by atoms with van der Waals surface area (Å²) >= 11 is 9.61. The van der Waals surface area contributed by atoms with Crippen molar-refractivity contribution >= 4 is 50.8 Å². The van der Waals surface area contributed by atoms with Crippen LogP contribution in [0.3, 0.4) is 0 Å². The smallest absolute Gasteiger partial charge is 0.301 e. The largest absolute Gasteiger partial charge is 0.507 e. The van der Waals surface area contributed by atoms with Crippen molar-refractivity contribution in [1.82, 2.24) is 5.16 Å². The summed E-state index contributed by atoms with van der Waals surface area (Å²) in [7, 11) is 1.47. The number of hydrogen-bond donors (Lipinski definition) is 1. The van der Waals surface area contributed by atoms with E-state index >= 15 is 0 Å². The Morgan fingerprint density at radius 3 is 2.61 bits per heavy atom. The SMILES string of the molecule is COc1ccc(C(O)=C2C(=O)C(=O)N(c3cc(C)on3)[C@H]2c2cccc(Br)c2)cc1Cl. The number of halogens is 2. The van der Waals surface area contributed by atoms with Gasteiger partial charge in [-0.25, -0.2) is 0 Å². The van der Waals surface area contributed by atoms with Crippen LogP contribution in [0.4, 0.5) is 5.82 Å². The number of carbonyl (C=O) groups is 2. The fourth-order valence-corrected chi connectivity index (χ4v) is 4.17. The molecular formula is C22H16BrClN2O5. The molecular weight excluding hydrogens is 488 g/mol. The number of hydrogen-bond acceptors (Lipinski definition) is 6. The topological polar surface area (TPSA) is 92.9 Å². The number of aliphatic hydroxyl groups is 1. The van der Waals surface area contributed by atoms with Gasteiger partial charge in [0.05, 0.1) is 23.7 Å². The molecule has 7 nitrogen and oxygen atoms in total. The molecule has 31 heavy (non-hydrogen) atoms. The maximum Gasteiger partial charge on any atom is 0.301 e. The van der Waals surface area contributed by atoms with E-state index < -0.39 is 17.7 Å². The van der Waals surface area contributed by atoms with Crippen molar-refractivity contribution in [2.45, 2.75) is 13.0 Å². The van der Waals surface area contributed by atoms with E-state index in [0.717, 1.165) is 4.47 Å². The number of nitrogens with zero attached hydrogens (tertiary/aromatic N) is 2. The van der Waals surface area contributed by atoms with Gasteiger partial charge in [-0.2, -0.15) is 0 Å². The van der Waals surface area contributed by atoms with Crippen molar-refractivity contribution in [2.75, 3.05) is 12.0 Å². The van der Waals surface area contributed by atoms with Crippen LogP contribution in [0.1, 0.15) is 22.9 Å². The molecule has 1 saturated heterocycles. The summed E-state index contributed by atoms with van der Waals surface area (Å²) in [5.41, 5.74) is 0.806. The lowest BCUT2D eigenvalue weighted by atomic mass is 9.95. The van der Waals surface area contributed by atoms with E-state index in [-0.39, 0.29) is 27.7 Å². The molecule has 4 rings (SSSR count). The molecule has 0 aliphatic carbocycles. The number of methoxy groups -OCH3 is 1. The predicted molar refractivity (Wildman–Crippen MR) is 118 cm³/mol. The van der Waals surface area contributed by atoms with Crippen molar-refractivity contribution < 1.29 is 24.0 Å². The summed E-state index contributed by atoms with van der Waals surface area (Å²) in [5.74, 6) is -0.936. The van der Waals surface area contributed by atoms with Crippen LogP contribution in [0.5, 0.6) is 5.75 Å². The van der Waals surface area contributed by atoms with Gasteiger partial charge in [0, 0.05) is 16.1 Å². The van der Waals surface area contributed by atoms with Crippen LogP contribution in [0, 0.1) is 6.92 Å². The first-order chi connectivity index (χ1) is 14.8. The number of Topliss-reactive ketones (excluding diaryl/α,β-unsaturated/α-hetero) is 1. The zero-order valence-corrected chi connectivity index (χ0v) is 18.8. The molecule has 1 atom stereocenters. The number of anilines is 1. The minimum atomic E-state index is -0.914. The maximum atomic E-state index is 13.1. The molecule has 2 aromatic carbocycles. The quantitative estimate of drug-likeness (QED) is 0.305. The monoisotopic (exact) mass is 502 g/mol. The maximum absolute atomic E-state index is 13.1. The Morgan fingerprint density at radius 1 is 1.23 bits per heavy atom. The highest BCUT2D eigenvalue weighted by Gasteiger charge is 2.48. The molecule has 1 aromatic heterocycles. The first-order valence-corrected chi connectivity index (χ1v) is 10.3. The van der Waals surface area contributed by atoms with E-state index in [1.54, 1.807) is 43.3 Å². The van der Waals surface area contributed by atoms with Gasteiger partial charge in [0.15, 0.2) is 5.82 Å². The van der Waals surface area contributed by atoms with Crippen LogP contribution < -0.4 is 9.64 Å². The average molecular weight is 504 g/mol. The van der Waals surface area contributed by atoms with Crippen LogP contribution in [0.2, 0.25) is 5.02 Å². The van der Waals surface area contributed by atoms with E-state index in [0.29, 0.717) is 17.1 Å². The molecule has 2 heterocycles. The lowest BCUT2D eigenvalue weighted by Crippen LogP contribution is -2.29. The van der Waals surface area contributed by atoms with Crippen LogP contribution in [-0.2, 0) is 9.59 Å². The molecule has 1 aliphatic rings. The number of aryl methyl sites for hydroxylation is 1. The standard InChI is InChI=1S/C22H16BrClN2O5/c1-11-8-17(25-31-11)26-19(12-4-3-5-14(23)9-12)18(21(28)22(26)29)20(27)13-6-7-16(30-2)15(24)10-13/h3-10,19,27H,1-2H3/t19-/m0/s1. The molecule has 1 fully saturated rings. The van der Waals surface area contributed by atoms with Gasteiger partial charge in [0.2, 0.25) is 0 Å². The zero-order chi connectivity index (χ0) is 22.3. The first kappa shape index (κ1) is 21.1. The molecule has 1 aliphatic heterocycles. The lowest BCUT2D eigenvalue weighted by Gasteiger charge is -2.23. The number of ketones is 1. The van der Waals surface area contributed by atoms with E-state index in [2.05, 4.69) is 21.1 Å². The summed E-state index contributed by atoms with van der Waals surface area (Å²) < 4.78 is 11.0. The molecule has 3 aromatic rings. The van der Waals surface area contributed by atoms with Gasteiger partial charge < -0.3 is 14.4 Å². The Hall–Kier alpha value is -3.10. The third-order valence-electron chi connectivity index (χ3n) is 4.90. The highest BCUT2D eigenvalue weighted by atomic mass is 79.9. The summed E-state index contributed by atoms with van der Waals surface area (Å²) in [6.07, 6.45) is 0. The number of ether oxygens (including phenoxy) is 1. The first-order valence-electron chi connectivity index (χ1n) is 9.15. The van der Waals surface area contributed by atoms with E-state index in [4.69, 9.17) is 20.9 Å². The highest BCUT2D eigenvalue weighted by molar-refractivity contribution is 9.10. The van der Waals surface area contributed by atoms with Gasteiger partial charge in [-0.1, -0.05) is 44.8 Å². The Morgan fingerprint density at radius 2 is 2.00 bits per heavy atom. The molecule has 0 spiro atoms. The molecule has 1 amide bonds. The minimum absolute atomic E-state index is 0.0787. The fourth-order valence-electron chi connectivity index (χ4n) is 3.50. The van der Waals surface area contributed by atoms with Crippen molar-refractivity contribution in [1.29, 1.82) is 0 Å². The number of aliphatic hydroxyl groups excluding tert-OH is 1. The Labute approximate surface area is 191 Å². The number of amides is 1. The van der Waals surface area contributed by atoms with E-state index in [9.17, 15) is 14.7 Å². The van der Waals surface area contributed by atoms with E-state index in [1.165, 1.54) is 18.1 Å². The van der Waals surface area contributed by atoms with Gasteiger partial charge >= 0.3 is 5.91 Å². The molecule has 0 unspecified atom stereocenters. The van der Waals surface area contributed by atoms with Crippen LogP contribution in [-0.4, -0.2) is 29.1 Å². The molecule has 1 N–H and O–H groups in total. The summed E-state index contributed by atoms with van der Waals surface area (Å²) in [6, 6.07) is 12.4. The molecule has 0 radical (unpaired) electrons. The number of aromatic nitrogens is 1. The fraction of sp³-hybridized carbons (Fsp3) is 0.136. The normalized spacial score (nSPS) is 17.9. The highest BCUT2D eigenvalue weighted by Crippen LogP contribution is 2.42. The van der Waals surface area contributed by atoms with Crippen LogP contribution in [0.25, 0.3) is 5.76 Å². The number of carbonyl (C=O) groups excluding carboxylic acids is 2. The van der Waals surface area contributed by atoms with Crippen LogP contribution >= 0.6 is 27.5 Å². The zero-order valence-electron chi connectivity index (χ0n) is 16.4. The lowest BCUT2D eigenvalue weighted by molar-refractivity contribution is -0.132. The van der Waals surface area contributed by atoms with Crippen molar-refractivity contribution in [3.8, 4) is 5.75 Å². The second kappa shape index (κ2) is 8.20. The Balaban J connectivity index is 1.94. The average Bonchev–Trinajstić information content (AvgIpc) is 3.28. The van der Waals surface area contributed by atoms with Crippen molar-refractivity contribution in [3.63, 3.8) is 0 Å². The Bertz CT molecular complexity index is 1240. The third-order valence-corrected chi connectivity index (χ3v) is 5.69. The number of benzene rings is 2. The van der Waals surface area contributed by atoms with Crippen molar-refractivity contribution in [2.24, 2.45) is 0 Å². The van der Waals surface area contributed by atoms with E-state index in [1.807, 2.05) is 6.07 Å². The Kier molecular flexibility index (Phi) is 5.60. The predicted octanol–water partition coefficient (Wildman–Crippen LogP) is 5.03. The van der Waals surface area contributed by atoms with Gasteiger partial charge in [0.1, 0.15) is 17.3 Å². The van der Waals surface area contributed by atoms with Gasteiger partial charge in [-0.15, -0.1) is 0 Å². The third kappa shape index (κ3) is 3.73. The molecule has 0 saturated carbocycles. The second-order valence-corrected chi connectivity index (χ2v) is 8.19. The summed E-state index contributed by atoms with van der Waals surface area (Å²) in [4.78, 5) is 27.3. The molecule has 0 bridgehead atoms. The van der Waals surface area contributed by atoms with Gasteiger partial charge in [-0.05, 0) is 42.8 Å². The van der Waals surface area contributed by atoms with Gasteiger partial charge in [-0.3, -0.25) is 14.5 Å². The minimum Gasteiger partial charge on any atom is -0.507 e. The number of rotatable bonds is 4. The second-order valence-electron chi connectivity index (χ2n) is 6.87. The molecule has 9 heteroatoms.